The van der Waals surface area contributed by atoms with Crippen molar-refractivity contribution in [2.45, 2.75) is 118 Å². The fourth-order valence-electron chi connectivity index (χ4n) is 5.53. The second-order valence-corrected chi connectivity index (χ2v) is 18.3. The van der Waals surface area contributed by atoms with Gasteiger partial charge in [-0.15, -0.1) is 0 Å². The summed E-state index contributed by atoms with van der Waals surface area (Å²) in [6.07, 6.45) is 0. The number of nitro benzene ring substituents is 1. The molecule has 1 heterocycles. The van der Waals surface area contributed by atoms with E-state index in [-0.39, 0.29) is 33.3 Å². The molecule has 0 radical (unpaired) electrons. The maximum atomic E-state index is 12.6. The molecule has 234 valence electrons. The molecule has 6 nitrogen and oxygen atoms in total. The minimum absolute atomic E-state index is 0.0583. The van der Waals surface area contributed by atoms with E-state index in [1.165, 1.54) is 23.3 Å². The first kappa shape index (κ1) is 33.0. The Morgan fingerprint density at radius 2 is 1.05 bits per heavy atom. The molecule has 0 fully saturated rings. The summed E-state index contributed by atoms with van der Waals surface area (Å²) in [6.45, 7) is 28.4. The molecule has 0 unspecified atom stereocenters. The fourth-order valence-corrected chi connectivity index (χ4v) is 7.40. The molecule has 0 saturated heterocycles. The maximum absolute atomic E-state index is 12.6. The van der Waals surface area contributed by atoms with Crippen LogP contribution in [0.1, 0.15) is 129 Å². The van der Waals surface area contributed by atoms with Crippen LogP contribution in [-0.4, -0.2) is 9.82 Å². The second kappa shape index (κ2) is 10.6. The van der Waals surface area contributed by atoms with E-state index in [0.29, 0.717) is 16.8 Å². The molecule has 0 saturated carbocycles. The Morgan fingerprint density at radius 1 is 0.674 bits per heavy atom. The SMILES string of the molecule is CC1c2cc(C(C)(C)C)cc(C(C)(C)C)c2O[PH](O)(c2ccc([N+](=O)[O-])cc2)Oc2c1cc(C(C)(C)C)cc2C(C)(C)C. The van der Waals surface area contributed by atoms with E-state index < -0.39 is 12.9 Å². The number of rotatable bonds is 2. The zero-order valence-electron chi connectivity index (χ0n) is 28.2. The van der Waals surface area contributed by atoms with Gasteiger partial charge < -0.3 is 0 Å². The van der Waals surface area contributed by atoms with E-state index in [1.807, 2.05) is 0 Å². The summed E-state index contributed by atoms with van der Waals surface area (Å²) >= 11 is 0. The first-order chi connectivity index (χ1) is 19.4. The molecule has 1 N–H and O–H groups in total. The van der Waals surface area contributed by atoms with Crippen LogP contribution in [0.3, 0.4) is 0 Å². The molecular formula is C36H50NO5P. The van der Waals surface area contributed by atoms with Crippen LogP contribution in [0, 0.1) is 10.1 Å². The van der Waals surface area contributed by atoms with Crippen LogP contribution >= 0.6 is 7.94 Å². The Bertz CT molecular complexity index is 1460. The quantitative estimate of drug-likeness (QED) is 0.178. The molecule has 43 heavy (non-hydrogen) atoms. The van der Waals surface area contributed by atoms with Crippen molar-refractivity contribution in [3.05, 3.63) is 92.0 Å². The van der Waals surface area contributed by atoms with E-state index in [4.69, 9.17) is 9.05 Å². The van der Waals surface area contributed by atoms with Crippen molar-refractivity contribution in [3.8, 4) is 11.5 Å². The zero-order chi connectivity index (χ0) is 32.5. The van der Waals surface area contributed by atoms with Gasteiger partial charge in [0.25, 0.3) is 0 Å². The number of non-ortho nitro benzene ring substituents is 1. The molecule has 3 aromatic rings. The summed E-state index contributed by atoms with van der Waals surface area (Å²) in [4.78, 5) is 23.6. The molecular weight excluding hydrogens is 557 g/mol. The molecule has 0 aliphatic carbocycles. The Morgan fingerprint density at radius 3 is 1.35 bits per heavy atom. The predicted molar refractivity (Wildman–Crippen MR) is 180 cm³/mol. The van der Waals surface area contributed by atoms with Gasteiger partial charge in [-0.2, -0.15) is 0 Å². The average Bonchev–Trinajstić information content (AvgIpc) is 2.85. The van der Waals surface area contributed by atoms with Gasteiger partial charge >= 0.3 is 259 Å². The summed E-state index contributed by atoms with van der Waals surface area (Å²) in [5.41, 5.74) is 5.46. The van der Waals surface area contributed by atoms with Crippen molar-refractivity contribution >= 4 is 18.9 Å². The van der Waals surface area contributed by atoms with Crippen LogP contribution in [0.2, 0.25) is 0 Å². The third kappa shape index (κ3) is 6.47. The van der Waals surface area contributed by atoms with Gasteiger partial charge in [0.2, 0.25) is 0 Å². The fraction of sp³-hybridized carbons (Fsp3) is 0.500. The third-order valence-electron chi connectivity index (χ3n) is 8.44. The monoisotopic (exact) mass is 607 g/mol. The number of benzene rings is 3. The molecule has 7 heteroatoms. The molecule has 1 aliphatic heterocycles. The summed E-state index contributed by atoms with van der Waals surface area (Å²) < 4.78 is 13.7. The van der Waals surface area contributed by atoms with Gasteiger partial charge in [-0.1, -0.05) is 0 Å². The number of hydrogen-bond acceptors (Lipinski definition) is 5. The molecule has 0 spiro atoms. The Hall–Kier alpha value is -2.95. The van der Waals surface area contributed by atoms with Crippen LogP contribution in [0.4, 0.5) is 5.69 Å². The third-order valence-corrected chi connectivity index (χ3v) is 10.5. The molecule has 3 aromatic carbocycles. The molecule has 0 atom stereocenters. The van der Waals surface area contributed by atoms with Crippen molar-refractivity contribution in [1.29, 1.82) is 0 Å². The summed E-state index contributed by atoms with van der Waals surface area (Å²) in [6, 6.07) is 14.8. The summed E-state index contributed by atoms with van der Waals surface area (Å²) in [7, 11) is -4.25. The molecule has 0 amide bonds. The van der Waals surface area contributed by atoms with Gasteiger partial charge in [-0.3, -0.25) is 0 Å². The van der Waals surface area contributed by atoms with E-state index in [0.717, 1.165) is 22.3 Å². The van der Waals surface area contributed by atoms with Crippen molar-refractivity contribution in [2.75, 3.05) is 0 Å². The van der Waals surface area contributed by atoms with Crippen molar-refractivity contribution in [2.24, 2.45) is 0 Å². The number of hydrogen-bond donors (Lipinski definition) is 1. The Kier molecular flexibility index (Phi) is 8.12. The minimum atomic E-state index is -4.25. The number of nitro groups is 1. The van der Waals surface area contributed by atoms with Crippen LogP contribution in [0.15, 0.2) is 48.5 Å². The van der Waals surface area contributed by atoms with Crippen LogP contribution in [0.5, 0.6) is 11.5 Å². The van der Waals surface area contributed by atoms with E-state index in [1.54, 1.807) is 12.1 Å². The predicted octanol–water partition coefficient (Wildman–Crippen LogP) is 9.52. The molecule has 1 aliphatic rings. The average molecular weight is 608 g/mol. The van der Waals surface area contributed by atoms with Gasteiger partial charge in [0.15, 0.2) is 0 Å². The summed E-state index contributed by atoms with van der Waals surface area (Å²) in [5.74, 6) is 1.15. The second-order valence-electron chi connectivity index (χ2n) is 16.2. The van der Waals surface area contributed by atoms with Crippen LogP contribution in [0.25, 0.3) is 0 Å². The first-order valence-corrected chi connectivity index (χ1v) is 16.9. The van der Waals surface area contributed by atoms with Crippen molar-refractivity contribution in [3.63, 3.8) is 0 Å². The molecule has 0 aromatic heterocycles. The van der Waals surface area contributed by atoms with E-state index >= 15 is 0 Å². The number of fused-ring (bicyclic) bond motifs is 2. The topological polar surface area (TPSA) is 81.8 Å². The van der Waals surface area contributed by atoms with E-state index in [9.17, 15) is 15.0 Å². The van der Waals surface area contributed by atoms with E-state index in [2.05, 4.69) is 114 Å². The first-order valence-electron chi connectivity index (χ1n) is 15.2. The summed E-state index contributed by atoms with van der Waals surface area (Å²) in [5, 5.41) is 11.9. The Labute approximate surface area is 258 Å². The van der Waals surface area contributed by atoms with Gasteiger partial charge in [-0.05, 0) is 0 Å². The zero-order valence-corrected chi connectivity index (χ0v) is 29.2. The molecule has 4 rings (SSSR count). The van der Waals surface area contributed by atoms with Gasteiger partial charge in [0.1, 0.15) is 0 Å². The molecule has 0 bridgehead atoms. The van der Waals surface area contributed by atoms with Gasteiger partial charge in [-0.25, -0.2) is 0 Å². The normalized spacial score (nSPS) is 17.9. The van der Waals surface area contributed by atoms with Crippen LogP contribution < -0.4 is 14.4 Å². The standard InChI is InChI=1S/C36H50NO5P/c1-22-27-18-23(33(2,3)4)20-29(35(8,9)10)31(27)41-43(40,26-16-14-25(15-17-26)37(38)39)42-32-28(22)19-24(34(5,6)7)21-30(32)36(11,12)13/h14-22,40,43H,1-13H3. The van der Waals surface area contributed by atoms with Crippen molar-refractivity contribution < 1.29 is 18.9 Å². The van der Waals surface area contributed by atoms with Gasteiger partial charge in [0.05, 0.1) is 0 Å². The van der Waals surface area contributed by atoms with Crippen molar-refractivity contribution in [1.82, 2.24) is 0 Å². The Balaban J connectivity index is 2.18. The van der Waals surface area contributed by atoms with Crippen LogP contribution in [-0.2, 0) is 21.7 Å². The number of nitrogens with zero attached hydrogens (tertiary/aromatic N) is 1. The van der Waals surface area contributed by atoms with Gasteiger partial charge in [0, 0.05) is 0 Å².